The second-order valence-electron chi connectivity index (χ2n) is 5.38. The molecule has 0 radical (unpaired) electrons. The van der Waals surface area contributed by atoms with Crippen LogP contribution in [0.1, 0.15) is 39.4 Å². The maximum absolute atomic E-state index is 4.52. The number of rotatable bonds is 8. The third kappa shape index (κ3) is 3.18. The lowest BCUT2D eigenvalue weighted by molar-refractivity contribution is 0.0905. The van der Waals surface area contributed by atoms with Crippen LogP contribution < -0.4 is 5.32 Å². The molecular weight excluding hydrogens is 236 g/mol. The topological polar surface area (TPSA) is 33.1 Å². The van der Waals surface area contributed by atoms with E-state index in [9.17, 15) is 0 Å². The monoisotopic (exact) mass is 266 g/mol. The van der Waals surface area contributed by atoms with Gasteiger partial charge in [0.1, 0.15) is 5.82 Å². The van der Waals surface area contributed by atoms with Crippen LogP contribution in [0.3, 0.4) is 0 Å². The first-order chi connectivity index (χ1) is 9.05. The summed E-state index contributed by atoms with van der Waals surface area (Å²) in [5.74, 6) is 1.18. The Morgan fingerprint density at radius 1 is 1.32 bits per heavy atom. The molecule has 0 spiro atoms. The molecule has 110 valence electrons. The summed E-state index contributed by atoms with van der Waals surface area (Å²) in [6.07, 6.45) is 7.21. The van der Waals surface area contributed by atoms with Gasteiger partial charge in [-0.05, 0) is 40.9 Å². The molecule has 4 heteroatoms. The summed E-state index contributed by atoms with van der Waals surface area (Å²) in [4.78, 5) is 6.89. The molecule has 1 unspecified atom stereocenters. The molecule has 1 aromatic heterocycles. The Balaban J connectivity index is 2.99. The molecule has 0 bridgehead atoms. The first kappa shape index (κ1) is 16.2. The lowest BCUT2D eigenvalue weighted by Crippen LogP contribution is -2.58. The van der Waals surface area contributed by atoms with Gasteiger partial charge in [0.15, 0.2) is 0 Å². The Morgan fingerprint density at radius 2 is 1.95 bits per heavy atom. The second-order valence-corrected chi connectivity index (χ2v) is 5.38. The summed E-state index contributed by atoms with van der Waals surface area (Å²) in [6.45, 7) is 7.71. The summed E-state index contributed by atoms with van der Waals surface area (Å²) in [6, 6.07) is 0.408. The van der Waals surface area contributed by atoms with Gasteiger partial charge in [-0.1, -0.05) is 13.8 Å². The lowest BCUT2D eigenvalue weighted by Gasteiger charge is -2.45. The van der Waals surface area contributed by atoms with Gasteiger partial charge in [0.2, 0.25) is 0 Å². The molecule has 0 saturated heterocycles. The van der Waals surface area contributed by atoms with Gasteiger partial charge in [-0.25, -0.2) is 4.98 Å². The fourth-order valence-electron chi connectivity index (χ4n) is 3.25. The van der Waals surface area contributed by atoms with Gasteiger partial charge in [0.05, 0.1) is 0 Å². The van der Waals surface area contributed by atoms with Crippen molar-refractivity contribution in [3.8, 4) is 0 Å². The van der Waals surface area contributed by atoms with Gasteiger partial charge in [0.25, 0.3) is 0 Å². The molecule has 0 aliphatic heterocycles. The van der Waals surface area contributed by atoms with Crippen molar-refractivity contribution in [1.82, 2.24) is 19.8 Å². The van der Waals surface area contributed by atoms with Crippen molar-refractivity contribution in [2.75, 3.05) is 21.1 Å². The Labute approximate surface area is 118 Å². The van der Waals surface area contributed by atoms with Crippen LogP contribution in [0, 0.1) is 0 Å². The smallest absolute Gasteiger partial charge is 0.110 e. The highest BCUT2D eigenvalue weighted by molar-refractivity contribution is 5.04. The molecule has 0 fully saturated rings. The summed E-state index contributed by atoms with van der Waals surface area (Å²) in [7, 11) is 6.43. The largest absolute Gasteiger partial charge is 0.335 e. The second kappa shape index (κ2) is 7.06. The van der Waals surface area contributed by atoms with Crippen LogP contribution in [0.5, 0.6) is 0 Å². The Kier molecular flexibility index (Phi) is 6.01. The molecule has 0 amide bonds. The molecule has 0 aromatic carbocycles. The lowest BCUT2D eigenvalue weighted by atomic mass is 9.81. The molecule has 0 saturated carbocycles. The summed E-state index contributed by atoms with van der Waals surface area (Å²) in [5, 5.41) is 3.52. The number of aromatic nitrogens is 2. The van der Waals surface area contributed by atoms with Crippen LogP contribution in [0.4, 0.5) is 0 Å². The molecule has 4 nitrogen and oxygen atoms in total. The third-order valence-corrected chi connectivity index (χ3v) is 4.64. The van der Waals surface area contributed by atoms with Crippen molar-refractivity contribution < 1.29 is 0 Å². The molecule has 1 N–H and O–H groups in total. The van der Waals surface area contributed by atoms with Crippen LogP contribution >= 0.6 is 0 Å². The van der Waals surface area contributed by atoms with Gasteiger partial charge in [-0.3, -0.25) is 0 Å². The molecule has 1 atom stereocenters. The predicted octanol–water partition coefficient (Wildman–Crippen LogP) is 2.15. The number of imidazole rings is 1. The number of nitrogens with one attached hydrogen (secondary N) is 1. The number of aryl methyl sites for hydroxylation is 1. The fourth-order valence-corrected chi connectivity index (χ4v) is 3.25. The van der Waals surface area contributed by atoms with Crippen molar-refractivity contribution in [3.05, 3.63) is 18.2 Å². The average molecular weight is 266 g/mol. The fraction of sp³-hybridized carbons (Fsp3) is 0.800. The maximum atomic E-state index is 4.52. The van der Waals surface area contributed by atoms with Crippen LogP contribution in [-0.2, 0) is 13.0 Å². The van der Waals surface area contributed by atoms with E-state index in [4.69, 9.17) is 0 Å². The number of hydrogen-bond acceptors (Lipinski definition) is 3. The van der Waals surface area contributed by atoms with Crippen molar-refractivity contribution in [2.24, 2.45) is 0 Å². The summed E-state index contributed by atoms with van der Waals surface area (Å²) in [5.41, 5.74) is 0.180. The quantitative estimate of drug-likeness (QED) is 0.783. The van der Waals surface area contributed by atoms with Crippen molar-refractivity contribution in [1.29, 1.82) is 0 Å². The molecule has 1 aromatic rings. The zero-order valence-corrected chi connectivity index (χ0v) is 13.4. The highest BCUT2D eigenvalue weighted by Crippen LogP contribution is 2.27. The normalized spacial score (nSPS) is 14.1. The van der Waals surface area contributed by atoms with Crippen molar-refractivity contribution >= 4 is 0 Å². The molecule has 1 heterocycles. The minimum absolute atomic E-state index is 0.180. The van der Waals surface area contributed by atoms with Gasteiger partial charge >= 0.3 is 0 Å². The molecule has 1 rings (SSSR count). The van der Waals surface area contributed by atoms with Gasteiger partial charge < -0.3 is 14.8 Å². The SMILES string of the molecule is CCn1ccnc1CC(NC)C(CC)(CC)N(C)C. The Bertz CT molecular complexity index is 366. The summed E-state index contributed by atoms with van der Waals surface area (Å²) >= 11 is 0. The zero-order valence-electron chi connectivity index (χ0n) is 13.4. The Morgan fingerprint density at radius 3 is 2.37 bits per heavy atom. The Hall–Kier alpha value is -0.870. The molecular formula is C15H30N4. The zero-order chi connectivity index (χ0) is 14.5. The number of hydrogen-bond donors (Lipinski definition) is 1. The van der Waals surface area contributed by atoms with E-state index in [1.165, 1.54) is 5.82 Å². The van der Waals surface area contributed by atoms with E-state index in [0.29, 0.717) is 6.04 Å². The van der Waals surface area contributed by atoms with E-state index in [-0.39, 0.29) is 5.54 Å². The minimum atomic E-state index is 0.180. The molecule has 19 heavy (non-hydrogen) atoms. The number of likely N-dealkylation sites (N-methyl/N-ethyl adjacent to an activating group) is 2. The van der Waals surface area contributed by atoms with Crippen LogP contribution in [0.25, 0.3) is 0 Å². The standard InChI is InChI=1S/C15H30N4/c1-7-15(8-2,18(5)6)13(16-4)12-14-17-10-11-19(14)9-3/h10-11,13,16H,7-9,12H2,1-6H3. The van der Waals surface area contributed by atoms with Crippen molar-refractivity contribution in [3.63, 3.8) is 0 Å². The van der Waals surface area contributed by atoms with E-state index >= 15 is 0 Å². The van der Waals surface area contributed by atoms with Gasteiger partial charge in [-0.15, -0.1) is 0 Å². The van der Waals surface area contributed by atoms with Crippen LogP contribution in [-0.4, -0.2) is 47.2 Å². The minimum Gasteiger partial charge on any atom is -0.335 e. The van der Waals surface area contributed by atoms with E-state index in [2.05, 4.69) is 67.9 Å². The summed E-state index contributed by atoms with van der Waals surface area (Å²) < 4.78 is 2.23. The van der Waals surface area contributed by atoms with Crippen LogP contribution in [0.2, 0.25) is 0 Å². The van der Waals surface area contributed by atoms with E-state index < -0.39 is 0 Å². The van der Waals surface area contributed by atoms with Crippen LogP contribution in [0.15, 0.2) is 12.4 Å². The van der Waals surface area contributed by atoms with E-state index in [1.807, 2.05) is 6.20 Å². The highest BCUT2D eigenvalue weighted by atomic mass is 15.2. The molecule has 0 aliphatic rings. The molecule has 0 aliphatic carbocycles. The van der Waals surface area contributed by atoms with Crippen molar-refractivity contribution in [2.45, 2.75) is 58.2 Å². The number of nitrogens with zero attached hydrogens (tertiary/aromatic N) is 3. The van der Waals surface area contributed by atoms with Gasteiger partial charge in [-0.2, -0.15) is 0 Å². The first-order valence-electron chi connectivity index (χ1n) is 7.40. The van der Waals surface area contributed by atoms with Gasteiger partial charge in [0, 0.05) is 36.9 Å². The average Bonchev–Trinajstić information content (AvgIpc) is 2.86. The highest BCUT2D eigenvalue weighted by Gasteiger charge is 2.37. The van der Waals surface area contributed by atoms with E-state index in [0.717, 1.165) is 25.8 Å². The maximum Gasteiger partial charge on any atom is 0.110 e. The third-order valence-electron chi connectivity index (χ3n) is 4.64. The predicted molar refractivity (Wildman–Crippen MR) is 81.5 cm³/mol. The first-order valence-corrected chi connectivity index (χ1v) is 7.40. The van der Waals surface area contributed by atoms with E-state index in [1.54, 1.807) is 0 Å².